The predicted octanol–water partition coefficient (Wildman–Crippen LogP) is -1.31. The third kappa shape index (κ3) is 25.3. The Kier molecular flexibility index (Phi) is 232. The molecule has 0 aromatic carbocycles. The van der Waals surface area contributed by atoms with Crippen LogP contribution < -0.4 is 0 Å². The van der Waals surface area contributed by atoms with Gasteiger partial charge in [0.25, 0.3) is 0 Å². The van der Waals surface area contributed by atoms with Gasteiger partial charge in [-0.1, -0.05) is 0 Å². The summed E-state index contributed by atoms with van der Waals surface area (Å²) in [6, 6.07) is 0. The molecule has 0 aliphatic carbocycles. The zero-order valence-corrected chi connectivity index (χ0v) is 4.64. The van der Waals surface area contributed by atoms with E-state index in [1.54, 1.807) is 15.9 Å². The van der Waals surface area contributed by atoms with Crippen molar-refractivity contribution in [2.45, 2.75) is 0 Å². The second kappa shape index (κ2) is 40.2. The van der Waals surface area contributed by atoms with Crippen molar-refractivity contribution in [3.8, 4) is 0 Å². The van der Waals surface area contributed by atoms with E-state index >= 15 is 0 Å². The second-order valence-electron chi connectivity index (χ2n) is 0. The summed E-state index contributed by atoms with van der Waals surface area (Å²) in [6.07, 6.45) is 0. The van der Waals surface area contributed by atoms with Gasteiger partial charge in [0.2, 0.25) is 0 Å². The SMILES string of the molecule is [AlH3].[Co].[Ni].[O]=[Mn]. The van der Waals surface area contributed by atoms with Crippen LogP contribution >= 0.6 is 0 Å². The van der Waals surface area contributed by atoms with Gasteiger partial charge in [-0.15, -0.1) is 0 Å². The van der Waals surface area contributed by atoms with E-state index in [4.69, 9.17) is 3.83 Å². The Morgan fingerprint density at radius 1 is 1.20 bits per heavy atom. The first-order chi connectivity index (χ1) is 1.00. The van der Waals surface area contributed by atoms with Crippen molar-refractivity contribution < 1.29 is 53.0 Å². The van der Waals surface area contributed by atoms with Gasteiger partial charge in [-0.2, -0.15) is 0 Å². The van der Waals surface area contributed by atoms with E-state index in [1.807, 2.05) is 0 Å². The first-order valence-corrected chi connectivity index (χ1v) is 0.636. The van der Waals surface area contributed by atoms with Crippen molar-refractivity contribution >= 4 is 17.4 Å². The van der Waals surface area contributed by atoms with Crippen LogP contribution in [0.2, 0.25) is 0 Å². The Hall–Kier alpha value is 1.85. The number of hydrogen-bond acceptors (Lipinski definition) is 1. The second-order valence-corrected chi connectivity index (χ2v) is 0. The standard InChI is InChI=1S/Al.Co.Mn.Ni.O.3H. The molecule has 38 valence electrons. The van der Waals surface area contributed by atoms with Crippen molar-refractivity contribution in [1.82, 2.24) is 0 Å². The average Bonchev–Trinajstić information content (AvgIpc) is 1.00. The summed E-state index contributed by atoms with van der Waals surface area (Å²) < 4.78 is 8.06. The summed E-state index contributed by atoms with van der Waals surface area (Å²) in [4.78, 5) is 0. The Labute approximate surface area is 69.9 Å². The van der Waals surface area contributed by atoms with Crippen LogP contribution in [0.5, 0.6) is 0 Å². The molecule has 1 nitrogen and oxygen atoms in total. The minimum absolute atomic E-state index is 0. The zero-order valence-electron chi connectivity index (χ0n) is 1.44. The van der Waals surface area contributed by atoms with Crippen molar-refractivity contribution in [3.05, 3.63) is 0 Å². The fraction of sp³-hybridized carbons (Fsp3) is 0. The molecule has 0 saturated heterocycles. The minimum atomic E-state index is 0. The van der Waals surface area contributed by atoms with Crippen LogP contribution in [0.25, 0.3) is 0 Å². The summed E-state index contributed by atoms with van der Waals surface area (Å²) in [5.74, 6) is 0. The first-order valence-electron chi connectivity index (χ1n) is 0.154. The molecule has 0 aliphatic heterocycles. The summed E-state index contributed by atoms with van der Waals surface area (Å²) in [5, 5.41) is 0. The molecule has 0 N–H and O–H groups in total. The summed E-state index contributed by atoms with van der Waals surface area (Å²) in [5.41, 5.74) is 0. The Bertz CT molecular complexity index is 11.6. The molecule has 0 aliphatic rings. The molecule has 0 saturated carbocycles. The van der Waals surface area contributed by atoms with Gasteiger partial charge in [0, 0.05) is 33.3 Å². The van der Waals surface area contributed by atoms with E-state index in [9.17, 15) is 0 Å². The third-order valence-corrected chi connectivity index (χ3v) is 0. The summed E-state index contributed by atoms with van der Waals surface area (Å²) in [6.45, 7) is 0. The van der Waals surface area contributed by atoms with Gasteiger partial charge >= 0.3 is 19.8 Å². The van der Waals surface area contributed by atoms with Crippen molar-refractivity contribution in [3.63, 3.8) is 0 Å². The van der Waals surface area contributed by atoms with E-state index in [-0.39, 0.29) is 50.6 Å². The molecule has 5 heavy (non-hydrogen) atoms. The Morgan fingerprint density at radius 3 is 1.20 bits per heavy atom. The maximum absolute atomic E-state index is 8.06. The molecule has 0 aromatic rings. The topological polar surface area (TPSA) is 17.1 Å². The van der Waals surface area contributed by atoms with Gasteiger partial charge in [0.1, 0.15) is 0 Å². The van der Waals surface area contributed by atoms with E-state index in [0.29, 0.717) is 0 Å². The van der Waals surface area contributed by atoms with Gasteiger partial charge in [-0.05, 0) is 0 Å². The van der Waals surface area contributed by atoms with Crippen LogP contribution in [0.15, 0.2) is 0 Å². The molecule has 1 radical (unpaired) electrons. The molecule has 5 heteroatoms. The Balaban J connectivity index is -0.00000000167. The molecule has 0 amide bonds. The molecule has 0 spiro atoms. The number of rotatable bonds is 0. The molecule has 0 heterocycles. The maximum atomic E-state index is 8.06. The molecule has 0 atom stereocenters. The van der Waals surface area contributed by atoms with Gasteiger partial charge in [-0.3, -0.25) is 0 Å². The first kappa shape index (κ1) is 28.8. The average molecular weight is 219 g/mol. The molecule has 0 fully saturated rings. The molecule has 0 rings (SSSR count). The van der Waals surface area contributed by atoms with Crippen LogP contribution in [0.4, 0.5) is 0 Å². The van der Waals surface area contributed by atoms with Crippen LogP contribution in [0.1, 0.15) is 0 Å². The molecular weight excluding hydrogens is 216 g/mol. The zero-order chi connectivity index (χ0) is 2.00. The normalized spacial score (nSPS) is 0.800. The quantitative estimate of drug-likeness (QED) is 0.462. The molecule has 0 aromatic heterocycles. The van der Waals surface area contributed by atoms with Crippen LogP contribution in [-0.2, 0) is 53.0 Å². The Morgan fingerprint density at radius 2 is 1.20 bits per heavy atom. The van der Waals surface area contributed by atoms with Gasteiger partial charge in [-0.25, -0.2) is 0 Å². The fourth-order valence-electron chi connectivity index (χ4n) is 0. The summed E-state index contributed by atoms with van der Waals surface area (Å²) >= 11 is 1.69. The van der Waals surface area contributed by atoms with Crippen LogP contribution in [0, 0.1) is 0 Å². The third-order valence-electron chi connectivity index (χ3n) is 0. The van der Waals surface area contributed by atoms with E-state index < -0.39 is 0 Å². The van der Waals surface area contributed by atoms with Gasteiger partial charge in [0.15, 0.2) is 17.4 Å². The molecule has 0 unspecified atom stereocenters. The van der Waals surface area contributed by atoms with Gasteiger partial charge in [0.05, 0.1) is 0 Å². The number of hydrogen-bond donors (Lipinski definition) is 0. The fourth-order valence-corrected chi connectivity index (χ4v) is 0. The van der Waals surface area contributed by atoms with Crippen LogP contribution in [-0.4, -0.2) is 17.4 Å². The van der Waals surface area contributed by atoms with Crippen LogP contribution in [0.3, 0.4) is 0 Å². The van der Waals surface area contributed by atoms with Crippen molar-refractivity contribution in [1.29, 1.82) is 0 Å². The summed E-state index contributed by atoms with van der Waals surface area (Å²) in [7, 11) is 0. The van der Waals surface area contributed by atoms with Crippen molar-refractivity contribution in [2.24, 2.45) is 0 Å². The van der Waals surface area contributed by atoms with E-state index in [0.717, 1.165) is 0 Å². The molecule has 0 bridgehead atoms. The van der Waals surface area contributed by atoms with Crippen molar-refractivity contribution in [2.75, 3.05) is 0 Å². The van der Waals surface area contributed by atoms with Gasteiger partial charge < -0.3 is 0 Å². The predicted molar refractivity (Wildman–Crippen MR) is 10.6 cm³/mol. The van der Waals surface area contributed by atoms with E-state index in [1.165, 1.54) is 0 Å². The molecular formula is H3AlCoMnNiO. The monoisotopic (exact) mass is 218 g/mol. The van der Waals surface area contributed by atoms with E-state index in [2.05, 4.69) is 0 Å².